The predicted molar refractivity (Wildman–Crippen MR) is 97.4 cm³/mol. The van der Waals surface area contributed by atoms with Gasteiger partial charge in [-0.25, -0.2) is 4.98 Å². The SMILES string of the molecule is COCCO[C@@H]1CCN(Cc2csc(C)n2)[C@@H]1Cc1ccccc1. The minimum absolute atomic E-state index is 0.264. The van der Waals surface area contributed by atoms with Crippen molar-refractivity contribution in [2.75, 3.05) is 26.9 Å². The number of hydrogen-bond acceptors (Lipinski definition) is 5. The van der Waals surface area contributed by atoms with Crippen molar-refractivity contribution in [3.8, 4) is 0 Å². The zero-order chi connectivity index (χ0) is 16.8. The summed E-state index contributed by atoms with van der Waals surface area (Å²) in [5, 5.41) is 3.31. The Bertz CT molecular complexity index is 617. The number of aromatic nitrogens is 1. The van der Waals surface area contributed by atoms with E-state index in [-0.39, 0.29) is 6.10 Å². The Morgan fingerprint density at radius 3 is 2.79 bits per heavy atom. The first kappa shape index (κ1) is 17.5. The number of methoxy groups -OCH3 is 1. The van der Waals surface area contributed by atoms with E-state index in [0.29, 0.717) is 19.3 Å². The number of aryl methyl sites for hydroxylation is 1. The Morgan fingerprint density at radius 1 is 1.25 bits per heavy atom. The van der Waals surface area contributed by atoms with E-state index in [2.05, 4.69) is 52.5 Å². The monoisotopic (exact) mass is 346 g/mol. The second-order valence-corrected chi connectivity index (χ2v) is 7.34. The normalized spacial score (nSPS) is 21.4. The number of thiazole rings is 1. The second kappa shape index (κ2) is 8.72. The van der Waals surface area contributed by atoms with Crippen LogP contribution in [0.25, 0.3) is 0 Å². The van der Waals surface area contributed by atoms with E-state index in [1.807, 2.05) is 0 Å². The van der Waals surface area contributed by atoms with Crippen LogP contribution in [0.4, 0.5) is 0 Å². The maximum Gasteiger partial charge on any atom is 0.0897 e. The molecule has 2 heterocycles. The molecule has 0 N–H and O–H groups in total. The van der Waals surface area contributed by atoms with E-state index in [1.54, 1.807) is 18.4 Å². The number of rotatable bonds is 8. The van der Waals surface area contributed by atoms with Gasteiger partial charge >= 0.3 is 0 Å². The first-order valence-corrected chi connectivity index (χ1v) is 9.43. The lowest BCUT2D eigenvalue weighted by Crippen LogP contribution is -2.38. The van der Waals surface area contributed by atoms with E-state index in [9.17, 15) is 0 Å². The van der Waals surface area contributed by atoms with Crippen LogP contribution in [0.1, 0.15) is 22.7 Å². The minimum atomic E-state index is 0.264. The van der Waals surface area contributed by atoms with Gasteiger partial charge in [0.1, 0.15) is 0 Å². The lowest BCUT2D eigenvalue weighted by atomic mass is 10.0. The Labute approximate surface area is 148 Å². The molecule has 1 fully saturated rings. The molecule has 1 aromatic heterocycles. The fraction of sp³-hybridized carbons (Fsp3) is 0.526. The quantitative estimate of drug-likeness (QED) is 0.687. The highest BCUT2D eigenvalue weighted by Crippen LogP contribution is 2.26. The van der Waals surface area contributed by atoms with Crippen molar-refractivity contribution in [2.24, 2.45) is 0 Å². The molecule has 0 bridgehead atoms. The number of nitrogens with zero attached hydrogens (tertiary/aromatic N) is 2. The molecule has 1 aromatic carbocycles. The molecule has 1 saturated heterocycles. The molecule has 0 radical (unpaired) electrons. The van der Waals surface area contributed by atoms with E-state index in [0.717, 1.165) is 30.9 Å². The molecule has 0 aliphatic carbocycles. The molecule has 0 saturated carbocycles. The summed E-state index contributed by atoms with van der Waals surface area (Å²) in [6, 6.07) is 11.1. The van der Waals surface area contributed by atoms with Gasteiger partial charge in [0.15, 0.2) is 0 Å². The standard InChI is InChI=1S/C19H26N2O2S/c1-15-20-17(14-24-15)13-21-9-8-19(23-11-10-22-2)18(21)12-16-6-4-3-5-7-16/h3-7,14,18-19H,8-13H2,1-2H3/t18-,19-/m1/s1. The van der Waals surface area contributed by atoms with Crippen molar-refractivity contribution in [3.05, 3.63) is 52.0 Å². The predicted octanol–water partition coefficient (Wildman–Crippen LogP) is 3.30. The fourth-order valence-corrected chi connectivity index (χ4v) is 3.97. The summed E-state index contributed by atoms with van der Waals surface area (Å²) in [5.74, 6) is 0. The summed E-state index contributed by atoms with van der Waals surface area (Å²) in [7, 11) is 1.72. The highest BCUT2D eigenvalue weighted by atomic mass is 32.1. The van der Waals surface area contributed by atoms with Crippen LogP contribution >= 0.6 is 11.3 Å². The lowest BCUT2D eigenvalue weighted by molar-refractivity contribution is -0.00141. The number of hydrogen-bond donors (Lipinski definition) is 0. The minimum Gasteiger partial charge on any atom is -0.382 e. The summed E-state index contributed by atoms with van der Waals surface area (Å²) in [6.07, 6.45) is 2.35. The third-order valence-corrected chi connectivity index (χ3v) is 5.36. The van der Waals surface area contributed by atoms with Crippen molar-refractivity contribution >= 4 is 11.3 Å². The van der Waals surface area contributed by atoms with Crippen LogP contribution in [-0.4, -0.2) is 48.9 Å². The van der Waals surface area contributed by atoms with Crippen molar-refractivity contribution in [1.82, 2.24) is 9.88 Å². The molecule has 130 valence electrons. The highest BCUT2D eigenvalue weighted by Gasteiger charge is 2.35. The van der Waals surface area contributed by atoms with Crippen LogP contribution in [0.3, 0.4) is 0 Å². The first-order chi connectivity index (χ1) is 11.8. The molecule has 2 atom stereocenters. The summed E-state index contributed by atoms with van der Waals surface area (Å²) in [4.78, 5) is 7.16. The second-order valence-electron chi connectivity index (χ2n) is 6.28. The highest BCUT2D eigenvalue weighted by molar-refractivity contribution is 7.09. The van der Waals surface area contributed by atoms with Gasteiger partial charge in [0.2, 0.25) is 0 Å². The summed E-state index contributed by atoms with van der Waals surface area (Å²) >= 11 is 1.73. The van der Waals surface area contributed by atoms with Crippen LogP contribution in [0, 0.1) is 6.92 Å². The van der Waals surface area contributed by atoms with E-state index in [1.165, 1.54) is 11.3 Å². The Hall–Kier alpha value is -1.27. The number of likely N-dealkylation sites (tertiary alicyclic amines) is 1. The van der Waals surface area contributed by atoms with Crippen LogP contribution in [0.15, 0.2) is 35.7 Å². The van der Waals surface area contributed by atoms with Gasteiger partial charge in [-0.2, -0.15) is 0 Å². The maximum absolute atomic E-state index is 6.12. The van der Waals surface area contributed by atoms with E-state index >= 15 is 0 Å². The van der Waals surface area contributed by atoms with Gasteiger partial charge in [-0.1, -0.05) is 30.3 Å². The first-order valence-electron chi connectivity index (χ1n) is 8.56. The average molecular weight is 346 g/mol. The van der Waals surface area contributed by atoms with Gasteiger partial charge in [-0.05, 0) is 25.3 Å². The Balaban J connectivity index is 1.68. The van der Waals surface area contributed by atoms with Gasteiger partial charge in [0, 0.05) is 31.6 Å². The topological polar surface area (TPSA) is 34.6 Å². The van der Waals surface area contributed by atoms with Gasteiger partial charge in [0.25, 0.3) is 0 Å². The third-order valence-electron chi connectivity index (χ3n) is 4.54. The molecule has 5 heteroatoms. The number of benzene rings is 1. The van der Waals surface area contributed by atoms with Gasteiger partial charge in [0.05, 0.1) is 30.0 Å². The third kappa shape index (κ3) is 4.63. The van der Waals surface area contributed by atoms with Crippen LogP contribution < -0.4 is 0 Å². The zero-order valence-corrected chi connectivity index (χ0v) is 15.3. The zero-order valence-electron chi connectivity index (χ0n) is 14.5. The molecule has 24 heavy (non-hydrogen) atoms. The molecule has 1 aliphatic rings. The van der Waals surface area contributed by atoms with Crippen molar-refractivity contribution in [3.63, 3.8) is 0 Å². The fourth-order valence-electron chi connectivity index (χ4n) is 3.37. The van der Waals surface area contributed by atoms with Crippen molar-refractivity contribution < 1.29 is 9.47 Å². The molecule has 1 aliphatic heterocycles. The van der Waals surface area contributed by atoms with Crippen LogP contribution in [0.5, 0.6) is 0 Å². The molecule has 0 unspecified atom stereocenters. The van der Waals surface area contributed by atoms with Gasteiger partial charge < -0.3 is 9.47 Å². The molecule has 0 spiro atoms. The summed E-state index contributed by atoms with van der Waals surface area (Å²) in [5.41, 5.74) is 2.54. The largest absolute Gasteiger partial charge is 0.382 e. The molecular weight excluding hydrogens is 320 g/mol. The molecule has 0 amide bonds. The summed E-state index contributed by atoms with van der Waals surface area (Å²) in [6.45, 7) is 5.35. The average Bonchev–Trinajstić information content (AvgIpc) is 3.17. The summed E-state index contributed by atoms with van der Waals surface area (Å²) < 4.78 is 11.3. The molecule has 2 aromatic rings. The van der Waals surface area contributed by atoms with Crippen molar-refractivity contribution in [2.45, 2.75) is 38.5 Å². The van der Waals surface area contributed by atoms with Crippen LogP contribution in [-0.2, 0) is 22.4 Å². The Morgan fingerprint density at radius 2 is 2.08 bits per heavy atom. The molecule has 4 nitrogen and oxygen atoms in total. The molecular formula is C19H26N2O2S. The molecule has 3 rings (SSSR count). The van der Waals surface area contributed by atoms with Gasteiger partial charge in [-0.3, -0.25) is 4.90 Å². The Kier molecular flexibility index (Phi) is 6.37. The smallest absolute Gasteiger partial charge is 0.0897 e. The van der Waals surface area contributed by atoms with Crippen molar-refractivity contribution in [1.29, 1.82) is 0 Å². The van der Waals surface area contributed by atoms with E-state index in [4.69, 9.17) is 9.47 Å². The van der Waals surface area contributed by atoms with Crippen LogP contribution in [0.2, 0.25) is 0 Å². The lowest BCUT2D eigenvalue weighted by Gasteiger charge is -2.28. The van der Waals surface area contributed by atoms with E-state index < -0.39 is 0 Å². The number of ether oxygens (including phenoxy) is 2. The van der Waals surface area contributed by atoms with Gasteiger partial charge in [-0.15, -0.1) is 11.3 Å². The maximum atomic E-state index is 6.12.